The molecular formula is C50H63ClF3N5O8S. The van der Waals surface area contributed by atoms with Gasteiger partial charge < -0.3 is 29.5 Å². The number of likely N-dealkylation sites (tertiary alicyclic amines) is 2. The Kier molecular flexibility index (Phi) is 14.5. The summed E-state index contributed by atoms with van der Waals surface area (Å²) in [5.41, 5.74) is -0.665. The van der Waals surface area contributed by atoms with E-state index in [0.717, 1.165) is 12.8 Å². The van der Waals surface area contributed by atoms with E-state index < -0.39 is 65.1 Å². The van der Waals surface area contributed by atoms with Gasteiger partial charge in [0.05, 0.1) is 41.6 Å². The number of amides is 1. The van der Waals surface area contributed by atoms with Crippen LogP contribution in [0.4, 0.5) is 18.3 Å². The van der Waals surface area contributed by atoms with Crippen LogP contribution in [0.2, 0.25) is 5.02 Å². The number of ether oxygens (including phenoxy) is 3. The van der Waals surface area contributed by atoms with Crippen molar-refractivity contribution in [1.29, 1.82) is 0 Å². The van der Waals surface area contributed by atoms with Crippen molar-refractivity contribution >= 4 is 62.6 Å². The number of carbonyl (C=O) groups is 4. The Hall–Kier alpha value is -4.48. The fourth-order valence-electron chi connectivity index (χ4n) is 10.6. The molecule has 2 saturated heterocycles. The summed E-state index contributed by atoms with van der Waals surface area (Å²) in [5, 5.41) is 16.9. The maximum absolute atomic E-state index is 14.9. The molecule has 0 radical (unpaired) electrons. The van der Waals surface area contributed by atoms with Crippen LogP contribution >= 0.6 is 22.9 Å². The standard InChI is InChI=1S/C50H63ClF3N5O8S/c1-7-31-23-49(31,46(63)64)24-39(60)38-19-33(25-59(38)45(62)35(48(4,5)6)20-42(61)67-32-17-29-16-30(29)18-32)66-41-21-36(37-26-68-47(57-37)55-27(2)3)56-44-34(41)8-9-40(43(44)51)65-15-14-58-12-10-28(11-13-58)22-50(52,53)54/h7-9,21,26-33,35,38H,1,10-20,22-25H2,2-6H3,(H,55,57)(H,63,64)/t29-,30+,31-,32?,33-,35-,38+,49-/m1/s1. The topological polar surface area (TPSA) is 160 Å². The van der Waals surface area contributed by atoms with Crippen LogP contribution in [0.15, 0.2) is 36.2 Å². The Morgan fingerprint density at radius 3 is 2.38 bits per heavy atom. The zero-order valence-corrected chi connectivity index (χ0v) is 41.0. The first-order chi connectivity index (χ1) is 32.1. The number of carboxylic acid groups (broad SMARTS) is 1. The zero-order chi connectivity index (χ0) is 48.9. The number of hydrogen-bond acceptors (Lipinski definition) is 12. The quantitative estimate of drug-likeness (QED) is 0.0866. The highest BCUT2D eigenvalue weighted by atomic mass is 35.5. The molecule has 3 aromatic rings. The molecule has 4 heterocycles. The highest BCUT2D eigenvalue weighted by molar-refractivity contribution is 7.14. The molecule has 5 aliphatic rings. The van der Waals surface area contributed by atoms with Gasteiger partial charge in [-0.3, -0.25) is 24.1 Å². The summed E-state index contributed by atoms with van der Waals surface area (Å²) in [6.07, 6.45) is -0.642. The van der Waals surface area contributed by atoms with E-state index in [2.05, 4.69) is 16.8 Å². The summed E-state index contributed by atoms with van der Waals surface area (Å²) in [6, 6.07) is 4.31. The fraction of sp³-hybridized carbons (Fsp3) is 0.640. The van der Waals surface area contributed by atoms with Crippen LogP contribution < -0.4 is 14.8 Å². The number of carboxylic acids is 1. The number of allylic oxidation sites excluding steroid dienone is 1. The number of esters is 1. The number of thiazole rings is 1. The number of nitrogens with zero attached hydrogens (tertiary/aromatic N) is 4. The minimum Gasteiger partial charge on any atom is -0.491 e. The summed E-state index contributed by atoms with van der Waals surface area (Å²) in [5.74, 6) is -2.04. The van der Waals surface area contributed by atoms with Crippen molar-refractivity contribution in [3.05, 3.63) is 41.3 Å². The van der Waals surface area contributed by atoms with Crippen LogP contribution in [0.1, 0.15) is 98.8 Å². The lowest BCUT2D eigenvalue weighted by molar-refractivity contribution is -0.157. The van der Waals surface area contributed by atoms with Gasteiger partial charge in [0, 0.05) is 48.7 Å². The summed E-state index contributed by atoms with van der Waals surface area (Å²) < 4.78 is 57.9. The molecule has 1 aromatic carbocycles. The number of carbonyl (C=O) groups excluding carboxylic acids is 3. The number of hydrogen-bond donors (Lipinski definition) is 2. The number of rotatable bonds is 19. The number of fused-ring (bicyclic) bond motifs is 2. The van der Waals surface area contributed by atoms with Crippen molar-refractivity contribution in [2.45, 2.75) is 129 Å². The Morgan fingerprint density at radius 1 is 1.03 bits per heavy atom. The van der Waals surface area contributed by atoms with Gasteiger partial charge >= 0.3 is 18.1 Å². The molecule has 3 aliphatic carbocycles. The van der Waals surface area contributed by atoms with Gasteiger partial charge in [-0.15, -0.1) is 17.9 Å². The maximum atomic E-state index is 14.9. The SMILES string of the molecule is C=C[C@@H]1C[C@]1(CC(=O)[C@@H]1C[C@@H](Oc2cc(-c3csc(NC(C)C)n3)nc3c(Cl)c(OCCN4CCC(CC(F)(F)F)CC4)ccc23)CN1C(=O)[C@@H](CC(=O)OC1C[C@@H]2C[C@@H]2C1)C(C)(C)C)C(=O)O. The molecule has 18 heteroatoms. The molecule has 8 atom stereocenters. The molecule has 5 fully saturated rings. The fourth-order valence-corrected chi connectivity index (χ4v) is 11.7. The zero-order valence-electron chi connectivity index (χ0n) is 39.4. The minimum atomic E-state index is -4.17. The first-order valence-corrected chi connectivity index (χ1v) is 25.2. The van der Waals surface area contributed by atoms with Gasteiger partial charge in [0.1, 0.15) is 41.0 Å². The summed E-state index contributed by atoms with van der Waals surface area (Å²) >= 11 is 8.52. The third-order valence-corrected chi connectivity index (χ3v) is 15.8. The number of pyridine rings is 1. The van der Waals surface area contributed by atoms with E-state index in [1.165, 1.54) is 22.7 Å². The number of ketones is 1. The predicted molar refractivity (Wildman–Crippen MR) is 253 cm³/mol. The van der Waals surface area contributed by atoms with Crippen LogP contribution in [0.3, 0.4) is 0 Å². The van der Waals surface area contributed by atoms with Gasteiger partial charge in [-0.2, -0.15) is 13.2 Å². The molecule has 0 bridgehead atoms. The number of anilines is 1. The first kappa shape index (κ1) is 49.9. The Labute approximate surface area is 404 Å². The molecular weight excluding hydrogens is 923 g/mol. The molecule has 2 N–H and O–H groups in total. The van der Waals surface area contributed by atoms with Gasteiger partial charge in [-0.05, 0) is 107 Å². The van der Waals surface area contributed by atoms with Crippen molar-refractivity contribution in [1.82, 2.24) is 19.8 Å². The van der Waals surface area contributed by atoms with E-state index in [1.807, 2.05) is 40.0 Å². The molecule has 370 valence electrons. The van der Waals surface area contributed by atoms with Gasteiger partial charge in [0.2, 0.25) is 5.91 Å². The number of aromatic nitrogens is 2. The van der Waals surface area contributed by atoms with Crippen LogP contribution in [0, 0.1) is 40.4 Å². The maximum Gasteiger partial charge on any atom is 0.389 e. The molecule has 0 spiro atoms. The van der Waals surface area contributed by atoms with Crippen molar-refractivity contribution in [2.24, 2.45) is 40.4 Å². The number of aliphatic carboxylic acids is 1. The number of piperidine rings is 1. The lowest BCUT2D eigenvalue weighted by atomic mass is 9.77. The summed E-state index contributed by atoms with van der Waals surface area (Å²) in [7, 11) is 0. The highest BCUT2D eigenvalue weighted by Gasteiger charge is 2.61. The Balaban J connectivity index is 1.06. The number of nitrogens with one attached hydrogen (secondary N) is 1. The minimum absolute atomic E-state index is 0.0193. The molecule has 2 aliphatic heterocycles. The van der Waals surface area contributed by atoms with Gasteiger partial charge in [0.25, 0.3) is 0 Å². The average molecular weight is 987 g/mol. The second-order valence-electron chi connectivity index (χ2n) is 21.2. The molecule has 2 aromatic heterocycles. The molecule has 3 saturated carbocycles. The normalized spacial score (nSPS) is 26.6. The van der Waals surface area contributed by atoms with Crippen LogP contribution in [-0.2, 0) is 23.9 Å². The van der Waals surface area contributed by atoms with Gasteiger partial charge in [-0.25, -0.2) is 9.97 Å². The predicted octanol–water partition coefficient (Wildman–Crippen LogP) is 9.85. The number of Topliss-reactive ketones (excluding diaryl/α,β-unsaturated/α-hetero) is 1. The van der Waals surface area contributed by atoms with Crippen molar-refractivity contribution in [3.63, 3.8) is 0 Å². The molecule has 68 heavy (non-hydrogen) atoms. The van der Waals surface area contributed by atoms with Crippen molar-refractivity contribution < 1.29 is 51.7 Å². The Morgan fingerprint density at radius 2 is 1.75 bits per heavy atom. The smallest absolute Gasteiger partial charge is 0.389 e. The van der Waals surface area contributed by atoms with Gasteiger partial charge in [-0.1, -0.05) is 38.4 Å². The van der Waals surface area contributed by atoms with Crippen LogP contribution in [0.25, 0.3) is 22.3 Å². The van der Waals surface area contributed by atoms with Crippen LogP contribution in [0.5, 0.6) is 11.5 Å². The van der Waals surface area contributed by atoms with E-state index in [1.54, 1.807) is 24.3 Å². The van der Waals surface area contributed by atoms with E-state index >= 15 is 0 Å². The number of alkyl halides is 3. The number of benzene rings is 1. The average Bonchev–Trinajstić information content (AvgIpc) is 3.93. The van der Waals surface area contributed by atoms with Crippen molar-refractivity contribution in [3.8, 4) is 22.9 Å². The van der Waals surface area contributed by atoms with Gasteiger partial charge in [0.15, 0.2) is 10.9 Å². The molecule has 13 nitrogen and oxygen atoms in total. The monoisotopic (exact) mass is 985 g/mol. The van der Waals surface area contributed by atoms with E-state index in [0.29, 0.717) is 83.2 Å². The third-order valence-electron chi connectivity index (χ3n) is 14.7. The van der Waals surface area contributed by atoms with Crippen LogP contribution in [-0.4, -0.2) is 112 Å². The van der Waals surface area contributed by atoms with E-state index in [9.17, 15) is 37.5 Å². The molecule has 8 rings (SSSR count). The summed E-state index contributed by atoms with van der Waals surface area (Å²) in [4.78, 5) is 68.7. The summed E-state index contributed by atoms with van der Waals surface area (Å²) in [6.45, 7) is 15.2. The van der Waals surface area contributed by atoms with E-state index in [4.69, 9.17) is 35.8 Å². The molecule has 1 unspecified atom stereocenters. The van der Waals surface area contributed by atoms with Crippen molar-refractivity contribution in [2.75, 3.05) is 38.1 Å². The Bertz CT molecular complexity index is 2390. The largest absolute Gasteiger partial charge is 0.491 e. The lowest BCUT2D eigenvalue weighted by Gasteiger charge is -2.35. The lowest BCUT2D eigenvalue weighted by Crippen LogP contribution is -2.48. The van der Waals surface area contributed by atoms with E-state index in [-0.39, 0.29) is 67.8 Å². The number of halogens is 4. The second-order valence-corrected chi connectivity index (χ2v) is 22.4. The highest BCUT2D eigenvalue weighted by Crippen LogP contribution is 2.57. The second kappa shape index (κ2) is 19.7. The third kappa shape index (κ3) is 11.4. The first-order valence-electron chi connectivity index (χ1n) is 23.9. The molecule has 1 amide bonds.